The fourth-order valence-electron chi connectivity index (χ4n) is 1.69. The molecule has 0 radical (unpaired) electrons. The van der Waals surface area contributed by atoms with Crippen molar-refractivity contribution < 1.29 is 18.7 Å². The van der Waals surface area contributed by atoms with Crippen molar-refractivity contribution in [2.45, 2.75) is 19.6 Å². The van der Waals surface area contributed by atoms with Gasteiger partial charge in [0.05, 0.1) is 24.7 Å². The summed E-state index contributed by atoms with van der Waals surface area (Å²) >= 11 is 0. The van der Waals surface area contributed by atoms with Crippen molar-refractivity contribution in [2.75, 3.05) is 18.2 Å². The molecule has 0 saturated carbocycles. The van der Waals surface area contributed by atoms with Crippen molar-refractivity contribution in [3.8, 4) is 5.75 Å². The first-order chi connectivity index (χ1) is 10.1. The number of furan rings is 1. The van der Waals surface area contributed by atoms with Crippen LogP contribution in [0.25, 0.3) is 0 Å². The number of amides is 1. The summed E-state index contributed by atoms with van der Waals surface area (Å²) in [7, 11) is 1.55. The lowest BCUT2D eigenvalue weighted by atomic mass is 10.2. The number of benzene rings is 1. The van der Waals surface area contributed by atoms with Gasteiger partial charge in [-0.15, -0.1) is 0 Å². The highest BCUT2D eigenvalue weighted by atomic mass is 16.5. The SMILES string of the molecule is COc1ccc(NC(=O)C(C)OCc2ccco2)c(N)c1. The van der Waals surface area contributed by atoms with Crippen LogP contribution in [0.4, 0.5) is 11.4 Å². The fourth-order valence-corrected chi connectivity index (χ4v) is 1.69. The van der Waals surface area contributed by atoms with Crippen molar-refractivity contribution in [3.05, 3.63) is 42.4 Å². The first-order valence-corrected chi connectivity index (χ1v) is 6.48. The molecule has 0 aliphatic carbocycles. The Balaban J connectivity index is 1.91. The Bertz CT molecular complexity index is 596. The minimum absolute atomic E-state index is 0.236. The smallest absolute Gasteiger partial charge is 0.253 e. The van der Waals surface area contributed by atoms with Crippen LogP contribution < -0.4 is 15.8 Å². The predicted octanol–water partition coefficient (Wildman–Crippen LogP) is 2.41. The van der Waals surface area contributed by atoms with E-state index in [0.717, 1.165) is 0 Å². The molecule has 2 rings (SSSR count). The van der Waals surface area contributed by atoms with Crippen LogP contribution in [0.5, 0.6) is 5.75 Å². The number of anilines is 2. The Morgan fingerprint density at radius 2 is 2.24 bits per heavy atom. The molecule has 6 nitrogen and oxygen atoms in total. The van der Waals surface area contributed by atoms with Gasteiger partial charge in [0.1, 0.15) is 24.2 Å². The lowest BCUT2D eigenvalue weighted by Gasteiger charge is -2.14. The van der Waals surface area contributed by atoms with Gasteiger partial charge in [0.25, 0.3) is 5.91 Å². The van der Waals surface area contributed by atoms with E-state index in [4.69, 9.17) is 19.6 Å². The van der Waals surface area contributed by atoms with Crippen molar-refractivity contribution in [2.24, 2.45) is 0 Å². The molecule has 3 N–H and O–H groups in total. The molecule has 0 aliphatic heterocycles. The molecular formula is C15H18N2O4. The molecule has 0 spiro atoms. The van der Waals surface area contributed by atoms with Gasteiger partial charge in [0, 0.05) is 6.07 Å². The van der Waals surface area contributed by atoms with Gasteiger partial charge in [-0.1, -0.05) is 0 Å². The minimum atomic E-state index is -0.628. The second-order valence-corrected chi connectivity index (χ2v) is 4.48. The molecule has 0 bridgehead atoms. The minimum Gasteiger partial charge on any atom is -0.497 e. The third kappa shape index (κ3) is 4.00. The number of methoxy groups -OCH3 is 1. The number of nitrogens with two attached hydrogens (primary N) is 1. The average molecular weight is 290 g/mol. The van der Waals surface area contributed by atoms with Crippen molar-refractivity contribution in [1.29, 1.82) is 0 Å². The van der Waals surface area contributed by atoms with Crippen molar-refractivity contribution >= 4 is 17.3 Å². The largest absolute Gasteiger partial charge is 0.497 e. The lowest BCUT2D eigenvalue weighted by Crippen LogP contribution is -2.27. The zero-order valence-corrected chi connectivity index (χ0v) is 12.0. The Hall–Kier alpha value is -2.47. The summed E-state index contributed by atoms with van der Waals surface area (Å²) in [4.78, 5) is 12.0. The summed E-state index contributed by atoms with van der Waals surface area (Å²) < 4.78 is 15.6. The average Bonchev–Trinajstić information content (AvgIpc) is 3.00. The van der Waals surface area contributed by atoms with E-state index < -0.39 is 6.10 Å². The summed E-state index contributed by atoms with van der Waals surface area (Å²) in [5.41, 5.74) is 6.80. The van der Waals surface area contributed by atoms with Gasteiger partial charge < -0.3 is 24.9 Å². The van der Waals surface area contributed by atoms with Crippen LogP contribution in [0.3, 0.4) is 0 Å². The molecule has 0 aliphatic rings. The van der Waals surface area contributed by atoms with Crippen molar-refractivity contribution in [1.82, 2.24) is 0 Å². The summed E-state index contributed by atoms with van der Waals surface area (Å²) in [6.07, 6.45) is 0.929. The highest BCUT2D eigenvalue weighted by Crippen LogP contribution is 2.24. The number of carbonyl (C=O) groups is 1. The molecule has 1 amide bonds. The predicted molar refractivity (Wildman–Crippen MR) is 79.0 cm³/mol. The van der Waals surface area contributed by atoms with E-state index in [1.165, 1.54) is 0 Å². The molecule has 2 aromatic rings. The van der Waals surface area contributed by atoms with Gasteiger partial charge in [-0.25, -0.2) is 0 Å². The summed E-state index contributed by atoms with van der Waals surface area (Å²) in [5, 5.41) is 2.72. The molecule has 112 valence electrons. The second-order valence-electron chi connectivity index (χ2n) is 4.48. The van der Waals surface area contributed by atoms with Crippen LogP contribution in [0.1, 0.15) is 12.7 Å². The fraction of sp³-hybridized carbons (Fsp3) is 0.267. The molecule has 1 aromatic carbocycles. The van der Waals surface area contributed by atoms with E-state index in [-0.39, 0.29) is 12.5 Å². The van der Waals surface area contributed by atoms with Gasteiger partial charge in [0.15, 0.2) is 0 Å². The number of nitrogens with one attached hydrogen (secondary N) is 1. The maximum atomic E-state index is 12.0. The van der Waals surface area contributed by atoms with E-state index in [9.17, 15) is 4.79 Å². The third-order valence-electron chi connectivity index (χ3n) is 2.94. The van der Waals surface area contributed by atoms with E-state index in [1.54, 1.807) is 50.6 Å². The maximum Gasteiger partial charge on any atom is 0.253 e. The molecule has 1 heterocycles. The van der Waals surface area contributed by atoms with Crippen LogP contribution in [-0.2, 0) is 16.1 Å². The summed E-state index contributed by atoms with van der Waals surface area (Å²) in [6, 6.07) is 8.60. The number of carbonyl (C=O) groups excluding carboxylic acids is 1. The molecule has 1 atom stereocenters. The van der Waals surface area contributed by atoms with Gasteiger partial charge in [-0.05, 0) is 31.2 Å². The Kier molecular flexibility index (Phi) is 4.84. The van der Waals surface area contributed by atoms with Crippen molar-refractivity contribution in [3.63, 3.8) is 0 Å². The Morgan fingerprint density at radius 3 is 2.86 bits per heavy atom. The molecule has 6 heteroatoms. The third-order valence-corrected chi connectivity index (χ3v) is 2.94. The van der Waals surface area contributed by atoms with Crippen LogP contribution in [0.15, 0.2) is 41.0 Å². The standard InChI is InChI=1S/C15H18N2O4/c1-10(21-9-12-4-3-7-20-12)15(18)17-14-6-5-11(19-2)8-13(14)16/h3-8,10H,9,16H2,1-2H3,(H,17,18). The van der Waals surface area contributed by atoms with E-state index in [1.807, 2.05) is 0 Å². The zero-order chi connectivity index (χ0) is 15.2. The monoisotopic (exact) mass is 290 g/mol. The topological polar surface area (TPSA) is 86.7 Å². The quantitative estimate of drug-likeness (QED) is 0.798. The molecule has 0 fully saturated rings. The number of rotatable bonds is 6. The number of nitrogen functional groups attached to an aromatic ring is 1. The second kappa shape index (κ2) is 6.81. The summed E-state index contributed by atoms with van der Waals surface area (Å²) in [6.45, 7) is 1.90. The van der Waals surface area contributed by atoms with Crippen LogP contribution in [-0.4, -0.2) is 19.1 Å². The van der Waals surface area contributed by atoms with E-state index in [2.05, 4.69) is 5.32 Å². The summed E-state index contributed by atoms with van der Waals surface area (Å²) in [5.74, 6) is 1.02. The zero-order valence-electron chi connectivity index (χ0n) is 12.0. The molecule has 1 unspecified atom stereocenters. The van der Waals surface area contributed by atoms with Gasteiger partial charge >= 0.3 is 0 Å². The normalized spacial score (nSPS) is 11.9. The first-order valence-electron chi connectivity index (χ1n) is 6.48. The Labute approximate surface area is 122 Å². The number of hydrogen-bond acceptors (Lipinski definition) is 5. The molecule has 0 saturated heterocycles. The molecule has 21 heavy (non-hydrogen) atoms. The van der Waals surface area contributed by atoms with E-state index >= 15 is 0 Å². The van der Waals surface area contributed by atoms with Crippen LogP contribution >= 0.6 is 0 Å². The lowest BCUT2D eigenvalue weighted by molar-refractivity contribution is -0.127. The van der Waals surface area contributed by atoms with Gasteiger partial charge in [0.2, 0.25) is 0 Å². The Morgan fingerprint density at radius 1 is 1.43 bits per heavy atom. The van der Waals surface area contributed by atoms with E-state index in [0.29, 0.717) is 22.9 Å². The van der Waals surface area contributed by atoms with Crippen LogP contribution in [0.2, 0.25) is 0 Å². The first kappa shape index (κ1) is 14.9. The number of ether oxygens (including phenoxy) is 2. The maximum absolute atomic E-state index is 12.0. The highest BCUT2D eigenvalue weighted by Gasteiger charge is 2.15. The van der Waals surface area contributed by atoms with Crippen LogP contribution in [0, 0.1) is 0 Å². The van der Waals surface area contributed by atoms with Gasteiger partial charge in [-0.2, -0.15) is 0 Å². The highest BCUT2D eigenvalue weighted by molar-refractivity contribution is 5.96. The number of hydrogen-bond donors (Lipinski definition) is 2. The van der Waals surface area contributed by atoms with Gasteiger partial charge in [-0.3, -0.25) is 4.79 Å². The molecule has 1 aromatic heterocycles. The molecular weight excluding hydrogens is 272 g/mol.